The molecule has 0 fully saturated rings. The molecule has 0 amide bonds. The van der Waals surface area contributed by atoms with E-state index in [1.54, 1.807) is 18.4 Å². The second kappa shape index (κ2) is 7.55. The molecule has 20 heavy (non-hydrogen) atoms. The Morgan fingerprint density at radius 2 is 2.15 bits per heavy atom. The minimum Gasteiger partial charge on any atom is -0.496 e. The average molecular weight is 289 g/mol. The average Bonchev–Trinajstić information content (AvgIpc) is 2.98. The largest absolute Gasteiger partial charge is 0.496 e. The molecule has 3 N–H and O–H groups in total. The highest BCUT2D eigenvalue weighted by Crippen LogP contribution is 2.17. The first kappa shape index (κ1) is 14.4. The van der Waals surface area contributed by atoms with Crippen molar-refractivity contribution in [3.8, 4) is 5.75 Å². The molecule has 0 bridgehead atoms. The quantitative estimate of drug-likeness (QED) is 0.634. The third-order valence-electron chi connectivity index (χ3n) is 2.87. The van der Waals surface area contributed by atoms with E-state index in [1.165, 1.54) is 4.88 Å². The summed E-state index contributed by atoms with van der Waals surface area (Å²) < 4.78 is 5.28. The lowest BCUT2D eigenvalue weighted by Crippen LogP contribution is -2.33. The second-order valence-corrected chi connectivity index (χ2v) is 5.30. The molecule has 0 aliphatic carbocycles. The topological polar surface area (TPSA) is 59.6 Å². The molecule has 1 heterocycles. The zero-order valence-corrected chi connectivity index (χ0v) is 12.3. The van der Waals surface area contributed by atoms with Gasteiger partial charge >= 0.3 is 0 Å². The number of hydrogen-bond acceptors (Lipinski definition) is 3. The van der Waals surface area contributed by atoms with Crippen molar-refractivity contribution in [3.05, 3.63) is 52.2 Å². The van der Waals surface area contributed by atoms with Crippen molar-refractivity contribution in [2.75, 3.05) is 13.7 Å². The van der Waals surface area contributed by atoms with Crippen molar-refractivity contribution in [2.24, 2.45) is 10.7 Å². The Morgan fingerprint density at radius 3 is 2.90 bits per heavy atom. The van der Waals surface area contributed by atoms with Crippen LogP contribution < -0.4 is 15.8 Å². The number of thiophene rings is 1. The molecule has 0 aliphatic rings. The van der Waals surface area contributed by atoms with Gasteiger partial charge in [0, 0.05) is 17.0 Å². The van der Waals surface area contributed by atoms with Gasteiger partial charge in [0.2, 0.25) is 0 Å². The van der Waals surface area contributed by atoms with E-state index in [2.05, 4.69) is 27.8 Å². The van der Waals surface area contributed by atoms with Crippen molar-refractivity contribution in [2.45, 2.75) is 13.0 Å². The van der Waals surface area contributed by atoms with Crippen LogP contribution in [0.15, 0.2) is 46.8 Å². The molecule has 1 aromatic carbocycles. The van der Waals surface area contributed by atoms with E-state index in [-0.39, 0.29) is 0 Å². The second-order valence-electron chi connectivity index (χ2n) is 4.27. The maximum Gasteiger partial charge on any atom is 0.188 e. The first-order valence-corrected chi connectivity index (χ1v) is 7.35. The minimum absolute atomic E-state index is 0.465. The first-order valence-electron chi connectivity index (χ1n) is 6.47. The number of ether oxygens (including phenoxy) is 1. The van der Waals surface area contributed by atoms with E-state index in [4.69, 9.17) is 10.5 Å². The van der Waals surface area contributed by atoms with Crippen molar-refractivity contribution in [3.63, 3.8) is 0 Å². The van der Waals surface area contributed by atoms with Crippen molar-refractivity contribution in [1.29, 1.82) is 0 Å². The summed E-state index contributed by atoms with van der Waals surface area (Å²) in [5, 5.41) is 5.20. The molecule has 0 atom stereocenters. The summed E-state index contributed by atoms with van der Waals surface area (Å²) in [4.78, 5) is 5.67. The summed E-state index contributed by atoms with van der Waals surface area (Å²) >= 11 is 1.75. The number of aliphatic imine (C=N–C) groups is 1. The maximum atomic E-state index is 5.85. The van der Waals surface area contributed by atoms with Crippen molar-refractivity contribution < 1.29 is 4.74 Å². The molecule has 2 rings (SSSR count). The van der Waals surface area contributed by atoms with Crippen LogP contribution in [-0.4, -0.2) is 19.6 Å². The van der Waals surface area contributed by atoms with Crippen molar-refractivity contribution >= 4 is 17.3 Å². The van der Waals surface area contributed by atoms with Gasteiger partial charge in [0.05, 0.1) is 13.7 Å². The van der Waals surface area contributed by atoms with Crippen LogP contribution in [-0.2, 0) is 13.0 Å². The number of hydrogen-bond donors (Lipinski definition) is 2. The molecule has 0 radical (unpaired) electrons. The van der Waals surface area contributed by atoms with Crippen LogP contribution >= 0.6 is 11.3 Å². The van der Waals surface area contributed by atoms with Gasteiger partial charge in [-0.15, -0.1) is 11.3 Å². The van der Waals surface area contributed by atoms with Crippen LogP contribution in [0, 0.1) is 0 Å². The van der Waals surface area contributed by atoms with E-state index in [0.717, 1.165) is 24.3 Å². The van der Waals surface area contributed by atoms with Crippen LogP contribution in [0.25, 0.3) is 0 Å². The molecule has 0 saturated carbocycles. The third kappa shape index (κ3) is 4.28. The van der Waals surface area contributed by atoms with Crippen LogP contribution in [0.4, 0.5) is 0 Å². The van der Waals surface area contributed by atoms with Crippen molar-refractivity contribution in [1.82, 2.24) is 5.32 Å². The Balaban J connectivity index is 1.81. The van der Waals surface area contributed by atoms with Crippen LogP contribution in [0.3, 0.4) is 0 Å². The number of methoxy groups -OCH3 is 1. The van der Waals surface area contributed by atoms with Crippen LogP contribution in [0.2, 0.25) is 0 Å². The van der Waals surface area contributed by atoms with Gasteiger partial charge in [-0.2, -0.15) is 0 Å². The molecule has 2 aromatic rings. The lowest BCUT2D eigenvalue weighted by molar-refractivity contribution is 0.410. The summed E-state index contributed by atoms with van der Waals surface area (Å²) in [7, 11) is 1.66. The number of nitrogens with zero attached hydrogens (tertiary/aromatic N) is 1. The maximum absolute atomic E-state index is 5.85. The molecular formula is C15H19N3OS. The first-order chi connectivity index (χ1) is 9.79. The number of guanidine groups is 1. The smallest absolute Gasteiger partial charge is 0.188 e. The van der Waals surface area contributed by atoms with E-state index >= 15 is 0 Å². The highest BCUT2D eigenvalue weighted by molar-refractivity contribution is 7.09. The molecule has 106 valence electrons. The van der Waals surface area contributed by atoms with E-state index in [0.29, 0.717) is 12.5 Å². The van der Waals surface area contributed by atoms with Crippen LogP contribution in [0.5, 0.6) is 5.75 Å². The molecule has 0 aliphatic heterocycles. The Morgan fingerprint density at radius 1 is 1.30 bits per heavy atom. The fraction of sp³-hybridized carbons (Fsp3) is 0.267. The summed E-state index contributed by atoms with van der Waals surface area (Å²) in [6.45, 7) is 1.31. The molecule has 5 heteroatoms. The molecular weight excluding hydrogens is 270 g/mol. The zero-order valence-electron chi connectivity index (χ0n) is 11.5. The highest BCUT2D eigenvalue weighted by Gasteiger charge is 2.00. The SMILES string of the molecule is COc1ccccc1CN=C(N)NCCc1cccs1. The third-order valence-corrected chi connectivity index (χ3v) is 3.81. The van der Waals surface area contributed by atoms with Gasteiger partial charge in [-0.25, -0.2) is 4.99 Å². The summed E-state index contributed by atoms with van der Waals surface area (Å²) in [5.41, 5.74) is 6.88. The van der Waals surface area contributed by atoms with Gasteiger partial charge in [-0.3, -0.25) is 0 Å². The van der Waals surface area contributed by atoms with E-state index in [1.807, 2.05) is 24.3 Å². The van der Waals surface area contributed by atoms with Gasteiger partial charge < -0.3 is 15.8 Å². The van der Waals surface area contributed by atoms with E-state index in [9.17, 15) is 0 Å². The number of para-hydroxylation sites is 1. The Kier molecular flexibility index (Phi) is 5.43. The molecule has 0 spiro atoms. The number of nitrogens with two attached hydrogens (primary N) is 1. The summed E-state index contributed by atoms with van der Waals surface area (Å²) in [5.74, 6) is 1.30. The lowest BCUT2D eigenvalue weighted by atomic mass is 10.2. The van der Waals surface area contributed by atoms with Gasteiger partial charge in [0.1, 0.15) is 5.75 Å². The number of benzene rings is 1. The molecule has 4 nitrogen and oxygen atoms in total. The lowest BCUT2D eigenvalue weighted by Gasteiger charge is -2.07. The van der Waals surface area contributed by atoms with Gasteiger partial charge in [0.15, 0.2) is 5.96 Å². The number of nitrogens with one attached hydrogen (secondary N) is 1. The summed E-state index contributed by atoms with van der Waals surface area (Å²) in [6, 6.07) is 12.0. The molecule has 0 saturated heterocycles. The molecule has 0 unspecified atom stereocenters. The molecule has 1 aromatic heterocycles. The predicted molar refractivity (Wildman–Crippen MR) is 84.3 cm³/mol. The fourth-order valence-corrected chi connectivity index (χ4v) is 2.54. The minimum atomic E-state index is 0.465. The summed E-state index contributed by atoms with van der Waals surface area (Å²) in [6.07, 6.45) is 0.961. The van der Waals surface area contributed by atoms with Gasteiger partial charge in [-0.1, -0.05) is 24.3 Å². The Labute approximate surface area is 123 Å². The van der Waals surface area contributed by atoms with Crippen LogP contribution in [0.1, 0.15) is 10.4 Å². The normalized spacial score (nSPS) is 11.3. The Hall–Kier alpha value is -2.01. The standard InChI is InChI=1S/C15H19N3OS/c1-19-14-7-3-2-5-12(14)11-18-15(16)17-9-8-13-6-4-10-20-13/h2-7,10H,8-9,11H2,1H3,(H3,16,17,18). The zero-order chi connectivity index (χ0) is 14.2. The van der Waals surface area contributed by atoms with Gasteiger partial charge in [-0.05, 0) is 23.9 Å². The van der Waals surface area contributed by atoms with Gasteiger partial charge in [0.25, 0.3) is 0 Å². The monoisotopic (exact) mass is 289 g/mol. The number of rotatable bonds is 6. The Bertz CT molecular complexity index is 552. The highest BCUT2D eigenvalue weighted by atomic mass is 32.1. The predicted octanol–water partition coefficient (Wildman–Crippen LogP) is 2.40. The van der Waals surface area contributed by atoms with E-state index < -0.39 is 0 Å². The fourth-order valence-electron chi connectivity index (χ4n) is 1.83.